The average Bonchev–Trinajstić information content (AvgIpc) is 2.27. The number of morpholine rings is 1. The molecule has 2 unspecified atom stereocenters. The van der Waals surface area contributed by atoms with Crippen molar-refractivity contribution in [1.29, 1.82) is 0 Å². The van der Waals surface area contributed by atoms with Gasteiger partial charge in [0.2, 0.25) is 5.91 Å². The van der Waals surface area contributed by atoms with Crippen molar-refractivity contribution in [3.63, 3.8) is 0 Å². The predicted octanol–water partition coefficient (Wildman–Crippen LogP) is 1.55. The van der Waals surface area contributed by atoms with Gasteiger partial charge >= 0.3 is 0 Å². The van der Waals surface area contributed by atoms with E-state index in [4.69, 9.17) is 4.74 Å². The predicted molar refractivity (Wildman–Crippen MR) is 57.5 cm³/mol. The van der Waals surface area contributed by atoms with Gasteiger partial charge in [0, 0.05) is 6.54 Å². The Hall–Kier alpha value is -0.0900. The number of hydrogen-bond acceptors (Lipinski definition) is 2. The van der Waals surface area contributed by atoms with E-state index in [0.29, 0.717) is 24.1 Å². The molecule has 1 heterocycles. The summed E-state index contributed by atoms with van der Waals surface area (Å²) in [4.78, 5) is 13.6. The van der Waals surface area contributed by atoms with Crippen molar-refractivity contribution in [2.45, 2.75) is 37.8 Å². The van der Waals surface area contributed by atoms with E-state index in [-0.39, 0.29) is 5.91 Å². The van der Waals surface area contributed by atoms with Gasteiger partial charge in [0.25, 0.3) is 0 Å². The first-order chi connectivity index (χ1) is 6.83. The van der Waals surface area contributed by atoms with Crippen molar-refractivity contribution in [2.24, 2.45) is 0 Å². The van der Waals surface area contributed by atoms with Gasteiger partial charge in [0.1, 0.15) is 0 Å². The number of hydrogen-bond donors (Lipinski definition) is 0. The molecule has 1 saturated heterocycles. The molecule has 3 nitrogen and oxygen atoms in total. The monoisotopic (exact) mass is 261 g/mol. The Balaban J connectivity index is 2.04. The quantitative estimate of drug-likeness (QED) is 0.671. The molecule has 0 aromatic heterocycles. The zero-order chi connectivity index (χ0) is 9.97. The number of halogens is 1. The summed E-state index contributed by atoms with van der Waals surface area (Å²) < 4.78 is 5.70. The number of carbonyl (C=O) groups is 1. The second kappa shape index (κ2) is 4.62. The molecule has 2 aliphatic rings. The first-order valence-corrected chi connectivity index (χ1v) is 6.42. The molecule has 2 atom stereocenters. The van der Waals surface area contributed by atoms with Crippen molar-refractivity contribution < 1.29 is 9.53 Å². The molecule has 1 amide bonds. The molecule has 0 N–H and O–H groups in total. The summed E-state index contributed by atoms with van der Waals surface area (Å²) in [6, 6.07) is 0.350. The van der Waals surface area contributed by atoms with Crippen molar-refractivity contribution in [3.05, 3.63) is 0 Å². The van der Waals surface area contributed by atoms with E-state index in [9.17, 15) is 4.79 Å². The first kappa shape index (κ1) is 10.4. The topological polar surface area (TPSA) is 29.5 Å². The molecule has 0 aromatic rings. The van der Waals surface area contributed by atoms with E-state index < -0.39 is 0 Å². The minimum atomic E-state index is 0.213. The molecule has 0 aromatic carbocycles. The summed E-state index contributed by atoms with van der Waals surface area (Å²) in [5.74, 6) is 0.213. The maximum absolute atomic E-state index is 11.6. The molecule has 2 fully saturated rings. The van der Waals surface area contributed by atoms with Crippen LogP contribution < -0.4 is 0 Å². The highest BCUT2D eigenvalue weighted by Gasteiger charge is 2.35. The highest BCUT2D eigenvalue weighted by atomic mass is 79.9. The fourth-order valence-electron chi connectivity index (χ4n) is 2.48. The van der Waals surface area contributed by atoms with Crippen molar-refractivity contribution in [3.8, 4) is 0 Å². The van der Waals surface area contributed by atoms with Gasteiger partial charge in [-0.15, -0.1) is 0 Å². The van der Waals surface area contributed by atoms with Crippen LogP contribution in [0.5, 0.6) is 0 Å². The molecule has 14 heavy (non-hydrogen) atoms. The Kier molecular flexibility index (Phi) is 3.44. The molecular weight excluding hydrogens is 246 g/mol. The van der Waals surface area contributed by atoms with Crippen LogP contribution >= 0.6 is 15.9 Å². The summed E-state index contributed by atoms with van der Waals surface area (Å²) in [5, 5.41) is 0.441. The smallest absolute Gasteiger partial charge is 0.233 e. The molecule has 1 aliphatic heterocycles. The van der Waals surface area contributed by atoms with Gasteiger partial charge in [0.15, 0.2) is 0 Å². The third-order valence-electron chi connectivity index (χ3n) is 3.17. The number of rotatable bonds is 1. The van der Waals surface area contributed by atoms with Crippen molar-refractivity contribution >= 4 is 21.8 Å². The zero-order valence-electron chi connectivity index (χ0n) is 8.25. The van der Waals surface area contributed by atoms with E-state index in [1.165, 1.54) is 12.8 Å². The highest BCUT2D eigenvalue weighted by molar-refractivity contribution is 9.09. The fraction of sp³-hybridized carbons (Fsp3) is 0.900. The Morgan fingerprint density at radius 2 is 2.21 bits per heavy atom. The molecule has 1 aliphatic carbocycles. The van der Waals surface area contributed by atoms with E-state index in [1.54, 1.807) is 0 Å². The summed E-state index contributed by atoms with van der Waals surface area (Å²) in [6.45, 7) is 1.48. The van der Waals surface area contributed by atoms with Crippen LogP contribution in [-0.4, -0.2) is 41.4 Å². The standard InChI is InChI=1S/C10H16BrNO2/c11-7-10(13)12-5-6-14-9-4-2-1-3-8(9)12/h8-9H,1-7H2. The van der Waals surface area contributed by atoms with Crippen molar-refractivity contribution in [1.82, 2.24) is 4.90 Å². The normalized spacial score (nSPS) is 32.5. The van der Waals surface area contributed by atoms with Gasteiger partial charge in [-0.25, -0.2) is 0 Å². The third kappa shape index (κ3) is 1.96. The second-order valence-corrected chi connectivity index (χ2v) is 4.54. The minimum Gasteiger partial charge on any atom is -0.374 e. The molecule has 0 bridgehead atoms. The number of ether oxygens (including phenoxy) is 1. The minimum absolute atomic E-state index is 0.213. The number of fused-ring (bicyclic) bond motifs is 1. The molecule has 4 heteroatoms. The van der Waals surface area contributed by atoms with Crippen LogP contribution in [0.2, 0.25) is 0 Å². The lowest BCUT2D eigenvalue weighted by Crippen LogP contribution is -2.55. The van der Waals surface area contributed by atoms with Crippen LogP contribution in [0.15, 0.2) is 0 Å². The second-order valence-electron chi connectivity index (χ2n) is 3.98. The summed E-state index contributed by atoms with van der Waals surface area (Å²) in [7, 11) is 0. The molecular formula is C10H16BrNO2. The highest BCUT2D eigenvalue weighted by Crippen LogP contribution is 2.28. The number of nitrogens with zero attached hydrogens (tertiary/aromatic N) is 1. The zero-order valence-corrected chi connectivity index (χ0v) is 9.83. The van der Waals surface area contributed by atoms with Crippen molar-refractivity contribution in [2.75, 3.05) is 18.5 Å². The Bertz CT molecular complexity index is 220. The number of amides is 1. The lowest BCUT2D eigenvalue weighted by Gasteiger charge is -2.43. The van der Waals surface area contributed by atoms with Gasteiger partial charge in [-0.05, 0) is 12.8 Å². The summed E-state index contributed by atoms with van der Waals surface area (Å²) in [6.07, 6.45) is 5.02. The SMILES string of the molecule is O=C(CBr)N1CCOC2CCCCC21. The van der Waals surface area contributed by atoms with E-state index in [1.807, 2.05) is 4.90 Å². The van der Waals surface area contributed by atoms with Gasteiger partial charge in [-0.1, -0.05) is 28.8 Å². The maximum Gasteiger partial charge on any atom is 0.233 e. The maximum atomic E-state index is 11.6. The van der Waals surface area contributed by atoms with Gasteiger partial charge in [0.05, 0.1) is 24.1 Å². The van der Waals surface area contributed by atoms with Gasteiger partial charge in [-0.3, -0.25) is 4.79 Å². The summed E-state index contributed by atoms with van der Waals surface area (Å²) in [5.41, 5.74) is 0. The molecule has 1 saturated carbocycles. The van der Waals surface area contributed by atoms with Crippen LogP contribution in [0, 0.1) is 0 Å². The number of carbonyl (C=O) groups excluding carboxylic acids is 1. The van der Waals surface area contributed by atoms with E-state index >= 15 is 0 Å². The number of alkyl halides is 1. The van der Waals surface area contributed by atoms with E-state index in [2.05, 4.69) is 15.9 Å². The lowest BCUT2D eigenvalue weighted by atomic mass is 9.90. The molecule has 0 spiro atoms. The van der Waals surface area contributed by atoms with Crippen LogP contribution in [0.4, 0.5) is 0 Å². The largest absolute Gasteiger partial charge is 0.374 e. The van der Waals surface area contributed by atoms with Crippen LogP contribution in [0.1, 0.15) is 25.7 Å². The van der Waals surface area contributed by atoms with E-state index in [0.717, 1.165) is 19.4 Å². The first-order valence-electron chi connectivity index (χ1n) is 5.30. The summed E-state index contributed by atoms with van der Waals surface area (Å²) >= 11 is 3.23. The average molecular weight is 262 g/mol. The lowest BCUT2D eigenvalue weighted by molar-refractivity contribution is -0.146. The molecule has 0 radical (unpaired) electrons. The third-order valence-corrected chi connectivity index (χ3v) is 3.65. The van der Waals surface area contributed by atoms with Crippen LogP contribution in [0.3, 0.4) is 0 Å². The van der Waals surface area contributed by atoms with Gasteiger partial charge in [-0.2, -0.15) is 0 Å². The van der Waals surface area contributed by atoms with Crippen LogP contribution in [-0.2, 0) is 9.53 Å². The fourth-order valence-corrected chi connectivity index (χ4v) is 2.80. The van der Waals surface area contributed by atoms with Gasteiger partial charge < -0.3 is 9.64 Å². The van der Waals surface area contributed by atoms with Crippen LogP contribution in [0.25, 0.3) is 0 Å². The molecule has 2 rings (SSSR count). The Morgan fingerprint density at radius 1 is 1.43 bits per heavy atom. The Labute approximate surface area is 92.9 Å². The molecule has 80 valence electrons. The Morgan fingerprint density at radius 3 is 3.00 bits per heavy atom.